The maximum atomic E-state index is 13.9. The largest absolute Gasteiger partial charge is 0.351 e. The SMILES string of the molecule is CC(C)[C@H](NC(=O)c1c(F)cccc1F)C(=O)NC1C2CCCC1CC(N)C2. The lowest BCUT2D eigenvalue weighted by Crippen LogP contribution is -2.58. The topological polar surface area (TPSA) is 84.2 Å². The second kappa shape index (κ2) is 8.55. The number of halogens is 2. The summed E-state index contributed by atoms with van der Waals surface area (Å²) in [5.74, 6) is -2.66. The molecular weight excluding hydrogens is 364 g/mol. The highest BCUT2D eigenvalue weighted by Gasteiger charge is 2.41. The van der Waals surface area contributed by atoms with Crippen LogP contribution in [-0.4, -0.2) is 29.9 Å². The molecule has 0 saturated heterocycles. The number of hydrogen-bond acceptors (Lipinski definition) is 3. The zero-order valence-electron chi connectivity index (χ0n) is 16.4. The van der Waals surface area contributed by atoms with Crippen LogP contribution in [0.15, 0.2) is 18.2 Å². The van der Waals surface area contributed by atoms with Crippen molar-refractivity contribution in [2.24, 2.45) is 23.5 Å². The highest BCUT2D eigenvalue weighted by molar-refractivity contribution is 5.98. The Hall–Kier alpha value is -2.02. The van der Waals surface area contributed by atoms with Gasteiger partial charge in [-0.2, -0.15) is 0 Å². The first-order chi connectivity index (χ1) is 13.3. The molecule has 28 heavy (non-hydrogen) atoms. The Labute approximate surface area is 164 Å². The summed E-state index contributed by atoms with van der Waals surface area (Å²) >= 11 is 0. The number of carbonyl (C=O) groups is 2. The molecular formula is C21H29F2N3O2. The van der Waals surface area contributed by atoms with E-state index in [1.165, 1.54) is 6.07 Å². The molecule has 0 aliphatic heterocycles. The standard InChI is InChI=1S/C21H29F2N3O2/c1-11(2)18(25-20(27)17-15(22)7-4-8-16(17)23)21(28)26-19-12-5-3-6-13(19)10-14(24)9-12/h4,7-8,11-14,18-19H,3,5-6,9-10,24H2,1-2H3,(H,25,27)(H,26,28)/t12?,13?,14?,18-,19?/m0/s1. The van der Waals surface area contributed by atoms with Crippen LogP contribution < -0.4 is 16.4 Å². The lowest BCUT2D eigenvalue weighted by Gasteiger charge is -2.45. The summed E-state index contributed by atoms with van der Waals surface area (Å²) in [5.41, 5.74) is 5.48. The van der Waals surface area contributed by atoms with E-state index in [1.807, 2.05) is 0 Å². The first-order valence-electron chi connectivity index (χ1n) is 10.1. The molecule has 5 nitrogen and oxygen atoms in total. The van der Waals surface area contributed by atoms with E-state index in [-0.39, 0.29) is 23.9 Å². The van der Waals surface area contributed by atoms with Crippen molar-refractivity contribution in [2.45, 2.75) is 64.1 Å². The zero-order valence-corrected chi connectivity index (χ0v) is 16.4. The van der Waals surface area contributed by atoms with E-state index in [9.17, 15) is 18.4 Å². The Morgan fingerprint density at radius 1 is 1.11 bits per heavy atom. The molecule has 2 amide bonds. The highest BCUT2D eigenvalue weighted by Crippen LogP contribution is 2.39. The predicted molar refractivity (Wildman–Crippen MR) is 102 cm³/mol. The maximum Gasteiger partial charge on any atom is 0.257 e. The van der Waals surface area contributed by atoms with E-state index in [1.54, 1.807) is 13.8 Å². The van der Waals surface area contributed by atoms with Gasteiger partial charge in [-0.15, -0.1) is 0 Å². The van der Waals surface area contributed by atoms with Gasteiger partial charge in [0.15, 0.2) is 0 Å². The molecule has 3 atom stereocenters. The number of nitrogens with one attached hydrogen (secondary N) is 2. The molecule has 0 spiro atoms. The number of benzene rings is 1. The quantitative estimate of drug-likeness (QED) is 0.719. The fourth-order valence-electron chi connectivity index (χ4n) is 4.74. The van der Waals surface area contributed by atoms with Crippen LogP contribution in [0, 0.1) is 29.4 Å². The van der Waals surface area contributed by atoms with Crippen molar-refractivity contribution < 1.29 is 18.4 Å². The van der Waals surface area contributed by atoms with Gasteiger partial charge in [-0.25, -0.2) is 8.78 Å². The second-order valence-corrected chi connectivity index (χ2v) is 8.51. The molecule has 2 aliphatic rings. The predicted octanol–water partition coefficient (Wildman–Crippen LogP) is 2.74. The Balaban J connectivity index is 1.72. The molecule has 154 valence electrons. The molecule has 7 heteroatoms. The summed E-state index contributed by atoms with van der Waals surface area (Å²) in [6, 6.07) is 2.59. The lowest BCUT2D eigenvalue weighted by molar-refractivity contribution is -0.126. The van der Waals surface area contributed by atoms with Crippen LogP contribution in [0.5, 0.6) is 0 Å². The lowest BCUT2D eigenvalue weighted by atomic mass is 9.67. The van der Waals surface area contributed by atoms with Crippen LogP contribution in [0.25, 0.3) is 0 Å². The number of nitrogens with two attached hydrogens (primary N) is 1. The Kier molecular flexibility index (Phi) is 6.33. The fraction of sp³-hybridized carbons (Fsp3) is 0.619. The molecule has 2 unspecified atom stereocenters. The van der Waals surface area contributed by atoms with Crippen LogP contribution in [0.1, 0.15) is 56.3 Å². The molecule has 1 aromatic rings. The van der Waals surface area contributed by atoms with Crippen LogP contribution in [0.3, 0.4) is 0 Å². The zero-order chi connectivity index (χ0) is 20.4. The van der Waals surface area contributed by atoms with E-state index >= 15 is 0 Å². The van der Waals surface area contributed by atoms with E-state index in [0.29, 0.717) is 11.8 Å². The number of fused-ring (bicyclic) bond motifs is 2. The molecule has 2 saturated carbocycles. The second-order valence-electron chi connectivity index (χ2n) is 8.51. The molecule has 2 fully saturated rings. The Morgan fingerprint density at radius 2 is 1.68 bits per heavy atom. The van der Waals surface area contributed by atoms with Gasteiger partial charge in [0.05, 0.1) is 0 Å². The average molecular weight is 393 g/mol. The molecule has 0 heterocycles. The minimum absolute atomic E-state index is 0.0457. The number of hydrogen-bond donors (Lipinski definition) is 3. The normalized spacial score (nSPS) is 27.9. The first kappa shape index (κ1) is 20.7. The number of rotatable bonds is 5. The van der Waals surface area contributed by atoms with Crippen LogP contribution >= 0.6 is 0 Å². The van der Waals surface area contributed by atoms with Gasteiger partial charge in [-0.05, 0) is 55.6 Å². The van der Waals surface area contributed by atoms with Crippen LogP contribution in [0.4, 0.5) is 8.78 Å². The minimum Gasteiger partial charge on any atom is -0.351 e. The van der Waals surface area contributed by atoms with Crippen molar-refractivity contribution in [1.29, 1.82) is 0 Å². The van der Waals surface area contributed by atoms with E-state index in [4.69, 9.17) is 5.73 Å². The number of amides is 2. The van der Waals surface area contributed by atoms with Crippen LogP contribution in [-0.2, 0) is 4.79 Å². The molecule has 4 N–H and O–H groups in total. The molecule has 0 aromatic heterocycles. The van der Waals surface area contributed by atoms with E-state index < -0.39 is 29.1 Å². The smallest absolute Gasteiger partial charge is 0.257 e. The Morgan fingerprint density at radius 3 is 2.21 bits per heavy atom. The summed E-state index contributed by atoms with van der Waals surface area (Å²) in [6.07, 6.45) is 5.00. The van der Waals surface area contributed by atoms with Crippen molar-refractivity contribution in [2.75, 3.05) is 0 Å². The molecule has 1 aromatic carbocycles. The van der Waals surface area contributed by atoms with Crippen molar-refractivity contribution in [1.82, 2.24) is 10.6 Å². The highest BCUT2D eigenvalue weighted by atomic mass is 19.1. The fourth-order valence-corrected chi connectivity index (χ4v) is 4.74. The third-order valence-electron chi connectivity index (χ3n) is 6.11. The molecule has 0 radical (unpaired) electrons. The van der Waals surface area contributed by atoms with Crippen molar-refractivity contribution in [3.8, 4) is 0 Å². The third-order valence-corrected chi connectivity index (χ3v) is 6.11. The van der Waals surface area contributed by atoms with Gasteiger partial charge >= 0.3 is 0 Å². The van der Waals surface area contributed by atoms with Gasteiger partial charge in [0.25, 0.3) is 5.91 Å². The number of carbonyl (C=O) groups excluding carboxylic acids is 2. The van der Waals surface area contributed by atoms with Gasteiger partial charge in [-0.3, -0.25) is 9.59 Å². The third kappa shape index (κ3) is 4.35. The summed E-state index contributed by atoms with van der Waals surface area (Å²) < 4.78 is 27.8. The molecule has 3 rings (SSSR count). The van der Waals surface area contributed by atoms with Crippen molar-refractivity contribution in [3.63, 3.8) is 0 Å². The molecule has 2 bridgehead atoms. The first-order valence-corrected chi connectivity index (χ1v) is 10.1. The summed E-state index contributed by atoms with van der Waals surface area (Å²) in [7, 11) is 0. The van der Waals surface area contributed by atoms with E-state index in [2.05, 4.69) is 10.6 Å². The van der Waals surface area contributed by atoms with Crippen molar-refractivity contribution >= 4 is 11.8 Å². The van der Waals surface area contributed by atoms with Gasteiger partial charge in [0.1, 0.15) is 23.2 Å². The van der Waals surface area contributed by atoms with E-state index in [0.717, 1.165) is 44.2 Å². The van der Waals surface area contributed by atoms with Crippen LogP contribution in [0.2, 0.25) is 0 Å². The summed E-state index contributed by atoms with van der Waals surface area (Å²) in [6.45, 7) is 3.58. The van der Waals surface area contributed by atoms with Gasteiger partial charge < -0.3 is 16.4 Å². The summed E-state index contributed by atoms with van der Waals surface area (Å²) in [5, 5.41) is 5.63. The Bertz CT molecular complexity index is 706. The van der Waals surface area contributed by atoms with Gasteiger partial charge in [-0.1, -0.05) is 26.3 Å². The van der Waals surface area contributed by atoms with Crippen molar-refractivity contribution in [3.05, 3.63) is 35.4 Å². The van der Waals surface area contributed by atoms with Gasteiger partial charge in [0.2, 0.25) is 5.91 Å². The average Bonchev–Trinajstić information content (AvgIpc) is 2.60. The monoisotopic (exact) mass is 393 g/mol. The summed E-state index contributed by atoms with van der Waals surface area (Å²) in [4.78, 5) is 25.4. The van der Waals surface area contributed by atoms with Gasteiger partial charge in [0, 0.05) is 12.1 Å². The minimum atomic E-state index is -0.948. The molecule has 2 aliphatic carbocycles. The maximum absolute atomic E-state index is 13.9.